The van der Waals surface area contributed by atoms with Crippen LogP contribution in [0.1, 0.15) is 59.3 Å². The summed E-state index contributed by atoms with van der Waals surface area (Å²) in [6.07, 6.45) is 5.36. The zero-order valence-electron chi connectivity index (χ0n) is 25.2. The topological polar surface area (TPSA) is 147 Å². The van der Waals surface area contributed by atoms with Gasteiger partial charge >= 0.3 is 6.03 Å². The van der Waals surface area contributed by atoms with Gasteiger partial charge in [0.05, 0.1) is 25.6 Å². The van der Waals surface area contributed by atoms with Crippen molar-refractivity contribution < 1.29 is 32.3 Å². The Bertz CT molecular complexity index is 1520. The predicted octanol–water partition coefficient (Wildman–Crippen LogP) is 4.44. The van der Waals surface area contributed by atoms with E-state index in [0.717, 1.165) is 41.3 Å². The number of carbonyl (C=O) groups excluding carboxylic acids is 3. The van der Waals surface area contributed by atoms with Gasteiger partial charge in [-0.3, -0.25) is 13.9 Å². The fourth-order valence-electron chi connectivity index (χ4n) is 5.13. The van der Waals surface area contributed by atoms with Crippen LogP contribution in [0.3, 0.4) is 0 Å². The number of nitrogens with zero attached hydrogens (tertiary/aromatic N) is 3. The summed E-state index contributed by atoms with van der Waals surface area (Å²) >= 11 is 0. The third-order valence-electron chi connectivity index (χ3n) is 7.45. The normalized spacial score (nSPS) is 17.6. The molecular formula is C30H39N5O7S. The molecule has 0 saturated carbocycles. The third-order valence-corrected chi connectivity index (χ3v) is 9.30. The molecule has 2 aliphatic rings. The molecular weight excluding hydrogens is 574 g/mol. The van der Waals surface area contributed by atoms with Crippen LogP contribution in [0, 0.1) is 0 Å². The van der Waals surface area contributed by atoms with Crippen molar-refractivity contribution >= 4 is 45.1 Å². The van der Waals surface area contributed by atoms with Crippen LogP contribution in [0.5, 0.6) is 11.5 Å². The van der Waals surface area contributed by atoms with E-state index in [1.165, 1.54) is 46.3 Å². The van der Waals surface area contributed by atoms with Gasteiger partial charge in [0, 0.05) is 12.6 Å². The Hall–Kier alpha value is -4.13. The molecule has 43 heavy (non-hydrogen) atoms. The van der Waals surface area contributed by atoms with Gasteiger partial charge in [-0.2, -0.15) is 0 Å². The number of benzene rings is 2. The van der Waals surface area contributed by atoms with Crippen molar-refractivity contribution in [3.8, 4) is 11.5 Å². The van der Waals surface area contributed by atoms with Gasteiger partial charge in [-0.15, -0.1) is 0 Å². The van der Waals surface area contributed by atoms with Crippen LogP contribution in [0.2, 0.25) is 0 Å². The molecule has 2 aliphatic heterocycles. The van der Waals surface area contributed by atoms with Gasteiger partial charge < -0.3 is 20.1 Å². The van der Waals surface area contributed by atoms with Gasteiger partial charge in [-0.05, 0) is 44.5 Å². The summed E-state index contributed by atoms with van der Waals surface area (Å²) in [4.78, 5) is 46.4. The standard InChI is InChI=1S/C30H39N5O7S/c1-6-7-8-9-10-13-18-34-26(31-21-14-11-12-15-24(21)43(34,39)40)25(35-28(37)30(2,3)33-29(35)38)27(36)32-22-19-20(41-4)16-17-23(22)42-5/h11-12,14-17,19,25H,6-10,13,18H2,1-5H3,(H,32,36)(H,33,38). The molecule has 0 radical (unpaired) electrons. The Morgan fingerprint density at radius 3 is 2.37 bits per heavy atom. The minimum Gasteiger partial charge on any atom is -0.497 e. The Morgan fingerprint density at radius 2 is 1.72 bits per heavy atom. The Labute approximate surface area is 252 Å². The number of nitrogens with one attached hydrogen (secondary N) is 2. The first-order chi connectivity index (χ1) is 20.5. The lowest BCUT2D eigenvalue weighted by Gasteiger charge is -2.35. The van der Waals surface area contributed by atoms with Crippen LogP contribution in [-0.4, -0.2) is 73.6 Å². The average molecular weight is 614 g/mol. The third kappa shape index (κ3) is 6.46. The van der Waals surface area contributed by atoms with Crippen molar-refractivity contribution in [1.29, 1.82) is 0 Å². The number of para-hydroxylation sites is 1. The van der Waals surface area contributed by atoms with E-state index < -0.39 is 39.4 Å². The SMILES string of the molecule is CCCCCCCCN1C(C(C(=O)Nc2cc(OC)ccc2OC)N2C(=O)NC(C)(C)C2=O)=Nc2ccccc2S1(=O)=O. The summed E-state index contributed by atoms with van der Waals surface area (Å²) in [5.74, 6) is -1.09. The summed E-state index contributed by atoms with van der Waals surface area (Å²) in [7, 11) is -1.30. The van der Waals surface area contributed by atoms with E-state index >= 15 is 0 Å². The molecule has 13 heteroatoms. The van der Waals surface area contributed by atoms with E-state index in [4.69, 9.17) is 9.47 Å². The summed E-state index contributed by atoms with van der Waals surface area (Å²) in [5, 5.41) is 5.31. The molecule has 4 amide bonds. The van der Waals surface area contributed by atoms with Gasteiger partial charge in [0.15, 0.2) is 11.9 Å². The molecule has 2 aromatic carbocycles. The number of fused-ring (bicyclic) bond motifs is 1. The fraction of sp³-hybridized carbons (Fsp3) is 0.467. The molecule has 4 rings (SSSR count). The number of sulfonamides is 1. The van der Waals surface area contributed by atoms with E-state index in [9.17, 15) is 22.8 Å². The lowest BCUT2D eigenvalue weighted by Crippen LogP contribution is -2.59. The van der Waals surface area contributed by atoms with E-state index in [1.54, 1.807) is 24.3 Å². The maximum absolute atomic E-state index is 14.2. The van der Waals surface area contributed by atoms with E-state index in [1.807, 2.05) is 0 Å². The molecule has 232 valence electrons. The lowest BCUT2D eigenvalue weighted by molar-refractivity contribution is -0.134. The van der Waals surface area contributed by atoms with E-state index in [0.29, 0.717) is 12.2 Å². The van der Waals surface area contributed by atoms with Crippen LogP contribution in [-0.2, 0) is 19.6 Å². The highest BCUT2D eigenvalue weighted by Crippen LogP contribution is 2.36. The van der Waals surface area contributed by atoms with Gasteiger partial charge in [0.2, 0.25) is 0 Å². The molecule has 0 aliphatic carbocycles. The van der Waals surface area contributed by atoms with Crippen LogP contribution in [0.4, 0.5) is 16.2 Å². The number of methoxy groups -OCH3 is 2. The maximum Gasteiger partial charge on any atom is 0.326 e. The van der Waals surface area contributed by atoms with Crippen LogP contribution in [0.15, 0.2) is 52.4 Å². The number of unbranched alkanes of at least 4 members (excludes halogenated alkanes) is 5. The first-order valence-electron chi connectivity index (χ1n) is 14.3. The lowest BCUT2D eigenvalue weighted by atomic mass is 10.0. The summed E-state index contributed by atoms with van der Waals surface area (Å²) in [5.41, 5.74) is -1.02. The Kier molecular flexibility index (Phi) is 9.63. The summed E-state index contributed by atoms with van der Waals surface area (Å²) in [6, 6.07) is 8.38. The number of hydrogen-bond donors (Lipinski definition) is 2. The number of amides is 4. The van der Waals surface area contributed by atoms with Gasteiger partial charge in [-0.25, -0.2) is 23.1 Å². The van der Waals surface area contributed by atoms with Crippen molar-refractivity contribution in [1.82, 2.24) is 14.5 Å². The molecule has 12 nitrogen and oxygen atoms in total. The average Bonchev–Trinajstić information content (AvgIpc) is 3.17. The van der Waals surface area contributed by atoms with Crippen molar-refractivity contribution in [2.24, 2.45) is 4.99 Å². The fourth-order valence-corrected chi connectivity index (χ4v) is 6.75. The van der Waals surface area contributed by atoms with Gasteiger partial charge in [0.1, 0.15) is 21.9 Å². The molecule has 0 bridgehead atoms. The zero-order chi connectivity index (χ0) is 31.4. The number of aliphatic imine (C=N–C) groups is 1. The molecule has 0 aromatic heterocycles. The molecule has 2 N–H and O–H groups in total. The van der Waals surface area contributed by atoms with Crippen molar-refractivity contribution in [2.75, 3.05) is 26.1 Å². The highest BCUT2D eigenvalue weighted by Gasteiger charge is 2.53. The second-order valence-corrected chi connectivity index (χ2v) is 12.8. The number of imide groups is 1. The quantitative estimate of drug-likeness (QED) is 0.251. The van der Waals surface area contributed by atoms with E-state index in [-0.39, 0.29) is 34.4 Å². The first-order valence-corrected chi connectivity index (χ1v) is 15.8. The van der Waals surface area contributed by atoms with Crippen molar-refractivity contribution in [2.45, 2.75) is 75.8 Å². The highest BCUT2D eigenvalue weighted by molar-refractivity contribution is 7.90. The second kappa shape index (κ2) is 13.0. The first kappa shape index (κ1) is 31.8. The number of amidine groups is 1. The summed E-state index contributed by atoms with van der Waals surface area (Å²) in [6.45, 7) is 5.15. The van der Waals surface area contributed by atoms with Gasteiger partial charge in [0.25, 0.3) is 21.8 Å². The number of hydrogen-bond acceptors (Lipinski definition) is 8. The maximum atomic E-state index is 14.2. The number of carbonyl (C=O) groups is 3. The van der Waals surface area contributed by atoms with Crippen LogP contribution < -0.4 is 20.1 Å². The van der Waals surface area contributed by atoms with E-state index in [2.05, 4.69) is 22.5 Å². The van der Waals surface area contributed by atoms with Crippen molar-refractivity contribution in [3.63, 3.8) is 0 Å². The highest BCUT2D eigenvalue weighted by atomic mass is 32.2. The number of ether oxygens (including phenoxy) is 2. The minimum absolute atomic E-state index is 0.0148. The summed E-state index contributed by atoms with van der Waals surface area (Å²) < 4.78 is 39.8. The smallest absolute Gasteiger partial charge is 0.326 e. The van der Waals surface area contributed by atoms with Crippen LogP contribution in [0.25, 0.3) is 0 Å². The molecule has 2 heterocycles. The second-order valence-electron chi connectivity index (χ2n) is 11.0. The Morgan fingerprint density at radius 1 is 1.02 bits per heavy atom. The largest absolute Gasteiger partial charge is 0.497 e. The van der Waals surface area contributed by atoms with Crippen molar-refractivity contribution in [3.05, 3.63) is 42.5 Å². The Balaban J connectivity index is 1.83. The molecule has 1 saturated heterocycles. The monoisotopic (exact) mass is 613 g/mol. The number of rotatable bonds is 13. The van der Waals surface area contributed by atoms with Gasteiger partial charge in [-0.1, -0.05) is 51.2 Å². The zero-order valence-corrected chi connectivity index (χ0v) is 26.0. The molecule has 0 spiro atoms. The molecule has 1 atom stereocenters. The molecule has 1 fully saturated rings. The molecule has 2 aromatic rings. The number of urea groups is 1. The number of anilines is 1. The molecule has 1 unspecified atom stereocenters. The predicted molar refractivity (Wildman–Crippen MR) is 162 cm³/mol. The van der Waals surface area contributed by atoms with Crippen LogP contribution >= 0.6 is 0 Å². The minimum atomic E-state index is -4.19.